The predicted octanol–water partition coefficient (Wildman–Crippen LogP) is 1.30. The summed E-state index contributed by atoms with van der Waals surface area (Å²) in [4.78, 5) is 22.4. The molecule has 0 radical (unpaired) electrons. The number of nitrogens with one attached hydrogen (secondary N) is 1. The summed E-state index contributed by atoms with van der Waals surface area (Å²) in [6.07, 6.45) is 4.30. The minimum absolute atomic E-state index is 0.0182. The van der Waals surface area contributed by atoms with Crippen LogP contribution in [0.5, 0.6) is 0 Å². The molecule has 1 saturated heterocycles. The molecule has 0 unspecified atom stereocenters. The van der Waals surface area contributed by atoms with E-state index in [2.05, 4.69) is 12.2 Å². The Hall–Kier alpha value is -1.06. The fourth-order valence-electron chi connectivity index (χ4n) is 3.32. The highest BCUT2D eigenvalue weighted by atomic mass is 16.4. The average Bonchev–Trinajstić information content (AvgIpc) is 1.97. The molecule has 1 heterocycles. The molecule has 0 aromatic carbocycles. The van der Waals surface area contributed by atoms with Crippen molar-refractivity contribution in [1.29, 1.82) is 0 Å². The molecular formula is C11H17NO3. The van der Waals surface area contributed by atoms with E-state index in [-0.39, 0.29) is 17.7 Å². The van der Waals surface area contributed by atoms with Crippen molar-refractivity contribution >= 4 is 11.9 Å². The van der Waals surface area contributed by atoms with Gasteiger partial charge in [-0.2, -0.15) is 0 Å². The molecule has 2 atom stereocenters. The van der Waals surface area contributed by atoms with Crippen LogP contribution in [0.25, 0.3) is 0 Å². The minimum atomic E-state index is -0.818. The largest absolute Gasteiger partial charge is 0.481 e. The van der Waals surface area contributed by atoms with Gasteiger partial charge in [-0.15, -0.1) is 0 Å². The molecule has 1 aliphatic carbocycles. The number of carbonyl (C=O) groups is 2. The molecule has 2 bridgehead atoms. The van der Waals surface area contributed by atoms with Gasteiger partial charge in [-0.1, -0.05) is 13.3 Å². The zero-order valence-corrected chi connectivity index (χ0v) is 9.01. The van der Waals surface area contributed by atoms with Gasteiger partial charge in [0.25, 0.3) is 0 Å². The number of carboxylic acid groups (broad SMARTS) is 1. The van der Waals surface area contributed by atoms with Gasteiger partial charge in [-0.25, -0.2) is 0 Å². The Labute approximate surface area is 89.0 Å². The maximum atomic E-state index is 11.6. The second-order valence-electron chi connectivity index (χ2n) is 5.42. The first-order valence-corrected chi connectivity index (χ1v) is 5.46. The van der Waals surface area contributed by atoms with E-state index in [0.717, 1.165) is 25.7 Å². The lowest BCUT2D eigenvalue weighted by Gasteiger charge is -2.50. The minimum Gasteiger partial charge on any atom is -0.481 e. The lowest BCUT2D eigenvalue weighted by Crippen LogP contribution is -2.59. The topological polar surface area (TPSA) is 66.4 Å². The predicted molar refractivity (Wildman–Crippen MR) is 54.3 cm³/mol. The number of carbonyl (C=O) groups excluding carboxylic acids is 1. The van der Waals surface area contributed by atoms with Crippen molar-refractivity contribution in [2.45, 2.75) is 51.0 Å². The molecule has 15 heavy (non-hydrogen) atoms. The molecule has 1 aliphatic heterocycles. The van der Waals surface area contributed by atoms with Crippen molar-refractivity contribution in [3.8, 4) is 0 Å². The van der Waals surface area contributed by atoms with Gasteiger partial charge in [-0.3, -0.25) is 9.59 Å². The Bertz CT molecular complexity index is 311. The second kappa shape index (κ2) is 3.22. The zero-order chi connectivity index (χ0) is 11.1. The molecule has 84 valence electrons. The first-order valence-electron chi connectivity index (χ1n) is 5.46. The monoisotopic (exact) mass is 211 g/mol. The maximum absolute atomic E-state index is 11.6. The van der Waals surface area contributed by atoms with Crippen molar-refractivity contribution in [1.82, 2.24) is 5.32 Å². The fraction of sp³-hybridized carbons (Fsp3) is 0.818. The van der Waals surface area contributed by atoms with Gasteiger partial charge in [-0.05, 0) is 24.7 Å². The van der Waals surface area contributed by atoms with E-state index in [0.29, 0.717) is 6.42 Å². The van der Waals surface area contributed by atoms with Gasteiger partial charge < -0.3 is 10.4 Å². The Balaban J connectivity index is 2.22. The molecule has 4 heteroatoms. The summed E-state index contributed by atoms with van der Waals surface area (Å²) >= 11 is 0. The quantitative estimate of drug-likeness (QED) is 0.723. The lowest BCUT2D eigenvalue weighted by molar-refractivity contribution is -0.142. The first kappa shape index (κ1) is 10.5. The van der Waals surface area contributed by atoms with Gasteiger partial charge in [0, 0.05) is 6.42 Å². The molecule has 2 rings (SSSR count). The second-order valence-corrected chi connectivity index (χ2v) is 5.42. The van der Waals surface area contributed by atoms with Crippen molar-refractivity contribution in [2.24, 2.45) is 5.41 Å². The normalized spacial score (nSPS) is 39.7. The number of fused-ring (bicyclic) bond motifs is 2. The Morgan fingerprint density at radius 2 is 2.27 bits per heavy atom. The third-order valence-corrected chi connectivity index (χ3v) is 3.68. The van der Waals surface area contributed by atoms with Crippen LogP contribution in [-0.4, -0.2) is 22.5 Å². The summed E-state index contributed by atoms with van der Waals surface area (Å²) in [7, 11) is 0. The molecule has 1 amide bonds. The maximum Gasteiger partial charge on any atom is 0.305 e. The average molecular weight is 211 g/mol. The van der Waals surface area contributed by atoms with Crippen LogP contribution in [0.4, 0.5) is 0 Å². The lowest BCUT2D eigenvalue weighted by atomic mass is 9.62. The van der Waals surface area contributed by atoms with Crippen LogP contribution in [0.1, 0.15) is 45.4 Å². The van der Waals surface area contributed by atoms with Crippen molar-refractivity contribution in [3.05, 3.63) is 0 Å². The van der Waals surface area contributed by atoms with Gasteiger partial charge >= 0.3 is 5.97 Å². The smallest absolute Gasteiger partial charge is 0.305 e. The van der Waals surface area contributed by atoms with E-state index in [4.69, 9.17) is 5.11 Å². The molecular weight excluding hydrogens is 194 g/mol. The number of piperidine rings is 1. The van der Waals surface area contributed by atoms with E-state index < -0.39 is 11.5 Å². The van der Waals surface area contributed by atoms with E-state index in [1.165, 1.54) is 0 Å². The Morgan fingerprint density at radius 3 is 2.93 bits per heavy atom. The van der Waals surface area contributed by atoms with E-state index in [1.807, 2.05) is 0 Å². The number of hydrogen-bond donors (Lipinski definition) is 2. The van der Waals surface area contributed by atoms with Gasteiger partial charge in [0.15, 0.2) is 0 Å². The molecule has 0 aromatic heterocycles. The summed E-state index contributed by atoms with van der Waals surface area (Å²) in [5, 5.41) is 11.8. The molecule has 2 fully saturated rings. The van der Waals surface area contributed by atoms with Crippen LogP contribution < -0.4 is 5.32 Å². The first-order chi connectivity index (χ1) is 6.93. The van der Waals surface area contributed by atoms with Crippen LogP contribution in [0, 0.1) is 5.41 Å². The van der Waals surface area contributed by atoms with Crippen LogP contribution in [0.2, 0.25) is 0 Å². The summed E-state index contributed by atoms with van der Waals surface area (Å²) in [6.45, 7) is 2.10. The molecule has 4 nitrogen and oxygen atoms in total. The van der Waals surface area contributed by atoms with Crippen LogP contribution in [0.15, 0.2) is 0 Å². The number of aliphatic carboxylic acids is 1. The van der Waals surface area contributed by atoms with E-state index in [9.17, 15) is 9.59 Å². The number of hydrogen-bond acceptors (Lipinski definition) is 2. The molecule has 0 spiro atoms. The summed E-state index contributed by atoms with van der Waals surface area (Å²) in [6, 6.07) is 0. The highest BCUT2D eigenvalue weighted by molar-refractivity contribution is 5.80. The Morgan fingerprint density at radius 1 is 1.53 bits per heavy atom. The summed E-state index contributed by atoms with van der Waals surface area (Å²) < 4.78 is 0. The molecule has 0 aromatic rings. The van der Waals surface area contributed by atoms with Crippen molar-refractivity contribution < 1.29 is 14.7 Å². The van der Waals surface area contributed by atoms with Crippen LogP contribution >= 0.6 is 0 Å². The van der Waals surface area contributed by atoms with Crippen LogP contribution in [-0.2, 0) is 9.59 Å². The number of amides is 1. The fourth-order valence-corrected chi connectivity index (χ4v) is 3.32. The van der Waals surface area contributed by atoms with Crippen molar-refractivity contribution in [2.75, 3.05) is 0 Å². The highest BCUT2D eigenvalue weighted by Crippen LogP contribution is 2.47. The SMILES string of the molecule is C[C@@]12CCC[C@@](CC(=O)O)(C1)NC(=O)C2. The van der Waals surface area contributed by atoms with Crippen LogP contribution in [0.3, 0.4) is 0 Å². The Kier molecular flexibility index (Phi) is 2.24. The van der Waals surface area contributed by atoms with Gasteiger partial charge in [0.2, 0.25) is 5.91 Å². The van der Waals surface area contributed by atoms with Gasteiger partial charge in [0.05, 0.1) is 12.0 Å². The van der Waals surface area contributed by atoms with Gasteiger partial charge in [0.1, 0.15) is 0 Å². The number of rotatable bonds is 2. The van der Waals surface area contributed by atoms with E-state index in [1.54, 1.807) is 0 Å². The van der Waals surface area contributed by atoms with Crippen molar-refractivity contribution in [3.63, 3.8) is 0 Å². The zero-order valence-electron chi connectivity index (χ0n) is 9.01. The standard InChI is InChI=1S/C11H17NO3/c1-10-3-2-4-11(7-10,6-9(14)15)12-8(13)5-10/h2-7H2,1H3,(H,12,13)(H,14,15)/t10-,11+/m0/s1. The summed E-state index contributed by atoms with van der Waals surface area (Å²) in [5.41, 5.74) is -0.440. The third kappa shape index (κ3) is 1.98. The third-order valence-electron chi connectivity index (χ3n) is 3.68. The molecule has 2 aliphatic rings. The highest BCUT2D eigenvalue weighted by Gasteiger charge is 2.49. The molecule has 1 saturated carbocycles. The molecule has 2 N–H and O–H groups in total. The van der Waals surface area contributed by atoms with E-state index >= 15 is 0 Å². The summed E-state index contributed by atoms with van der Waals surface area (Å²) in [5.74, 6) is -0.800. The number of carboxylic acids is 1.